The van der Waals surface area contributed by atoms with Crippen molar-refractivity contribution in [2.24, 2.45) is 0 Å². The molecule has 0 saturated heterocycles. The third kappa shape index (κ3) is 3.99. The van der Waals surface area contributed by atoms with Crippen molar-refractivity contribution in [3.05, 3.63) is 95.7 Å². The van der Waals surface area contributed by atoms with Gasteiger partial charge in [0.25, 0.3) is 0 Å². The van der Waals surface area contributed by atoms with E-state index in [9.17, 15) is 0 Å². The van der Waals surface area contributed by atoms with Gasteiger partial charge in [0.15, 0.2) is 5.82 Å². The molecular weight excluding hydrogens is 436 g/mol. The first-order valence-corrected chi connectivity index (χ1v) is 11.9. The summed E-state index contributed by atoms with van der Waals surface area (Å²) in [4.78, 5) is 13.9. The Morgan fingerprint density at radius 2 is 1.89 bits per heavy atom. The molecule has 0 fully saturated rings. The number of hydrogen-bond acceptors (Lipinski definition) is 5. The fourth-order valence-electron chi connectivity index (χ4n) is 4.89. The van der Waals surface area contributed by atoms with Crippen LogP contribution in [-0.2, 0) is 6.54 Å². The number of methoxy groups -OCH3 is 1. The normalized spacial score (nSPS) is 15.5. The largest absolute Gasteiger partial charge is 0.479 e. The minimum atomic E-state index is 0.237. The maximum absolute atomic E-state index is 5.54. The fourth-order valence-corrected chi connectivity index (χ4v) is 4.89. The number of ether oxygens (including phenoxy) is 1. The molecule has 0 spiro atoms. The molecule has 0 aliphatic carbocycles. The van der Waals surface area contributed by atoms with E-state index in [1.165, 1.54) is 16.3 Å². The van der Waals surface area contributed by atoms with E-state index in [4.69, 9.17) is 14.8 Å². The summed E-state index contributed by atoms with van der Waals surface area (Å²) in [5.41, 5.74) is 3.89. The molecule has 7 nitrogen and oxygen atoms in total. The van der Waals surface area contributed by atoms with Crippen LogP contribution >= 0.6 is 0 Å². The lowest BCUT2D eigenvalue weighted by Crippen LogP contribution is -2.18. The number of nitrogens with zero attached hydrogens (tertiary/aromatic N) is 6. The van der Waals surface area contributed by atoms with Crippen LogP contribution in [0.5, 0.6) is 5.88 Å². The highest BCUT2D eigenvalue weighted by Crippen LogP contribution is 2.36. The molecule has 1 atom stereocenters. The van der Waals surface area contributed by atoms with Gasteiger partial charge in [-0.25, -0.2) is 19.6 Å². The van der Waals surface area contributed by atoms with Gasteiger partial charge in [0, 0.05) is 18.7 Å². The Hall–Kier alpha value is -4.26. The second-order valence-corrected chi connectivity index (χ2v) is 8.83. The predicted octanol–water partition coefficient (Wildman–Crippen LogP) is 5.43. The predicted molar refractivity (Wildman–Crippen MR) is 137 cm³/mol. The molecule has 0 amide bonds. The number of aryl methyl sites for hydroxylation is 2. The topological polar surface area (TPSA) is 70.7 Å². The van der Waals surface area contributed by atoms with Gasteiger partial charge in [-0.3, -0.25) is 0 Å². The lowest BCUT2D eigenvalue weighted by atomic mass is 9.88. The second-order valence-electron chi connectivity index (χ2n) is 8.83. The first-order valence-electron chi connectivity index (χ1n) is 11.9. The van der Waals surface area contributed by atoms with Crippen molar-refractivity contribution in [3.8, 4) is 11.6 Å². The van der Waals surface area contributed by atoms with Crippen molar-refractivity contribution in [3.63, 3.8) is 0 Å². The zero-order chi connectivity index (χ0) is 23.8. The van der Waals surface area contributed by atoms with Crippen LogP contribution in [0.3, 0.4) is 0 Å². The summed E-state index contributed by atoms with van der Waals surface area (Å²) < 4.78 is 9.51. The van der Waals surface area contributed by atoms with Crippen molar-refractivity contribution in [1.82, 2.24) is 29.3 Å². The molecule has 35 heavy (non-hydrogen) atoms. The summed E-state index contributed by atoms with van der Waals surface area (Å²) >= 11 is 0. The van der Waals surface area contributed by atoms with E-state index >= 15 is 0 Å². The van der Waals surface area contributed by atoms with Crippen LogP contribution in [-0.4, -0.2) is 36.4 Å². The summed E-state index contributed by atoms with van der Waals surface area (Å²) in [5, 5.41) is 7.33. The Balaban J connectivity index is 1.30. The van der Waals surface area contributed by atoms with Gasteiger partial charge in [0.1, 0.15) is 11.5 Å². The minimum absolute atomic E-state index is 0.237. The Morgan fingerprint density at radius 1 is 1.00 bits per heavy atom. The van der Waals surface area contributed by atoms with Gasteiger partial charge in [0.2, 0.25) is 5.88 Å². The molecule has 1 aliphatic rings. The molecule has 0 N–H and O–H groups in total. The van der Waals surface area contributed by atoms with E-state index < -0.39 is 0 Å². The van der Waals surface area contributed by atoms with Crippen LogP contribution < -0.4 is 4.74 Å². The van der Waals surface area contributed by atoms with Crippen LogP contribution in [0.1, 0.15) is 47.4 Å². The van der Waals surface area contributed by atoms with E-state index in [-0.39, 0.29) is 5.92 Å². The summed E-state index contributed by atoms with van der Waals surface area (Å²) in [7, 11) is 1.63. The molecule has 0 saturated carbocycles. The SMILES string of the molecule is COc1nc(/C=C/c2nc3n(n2)CCC[C@@H]3c2cccc3ccccc23)ccc1-n1cnc(C)c1. The van der Waals surface area contributed by atoms with E-state index in [2.05, 4.69) is 57.1 Å². The Bertz CT molecular complexity index is 1540. The standard InChI is InChI=1S/C28H26N6O/c1-19-17-33(18-29-19)25-14-12-21(30-28(25)35-2)13-15-26-31-27-24(11-6-16-34(27)32-26)23-10-5-8-20-7-3-4-9-22(20)23/h3-5,7-10,12-15,17-18,24H,6,11,16H2,1-2H3/b15-13+/t24-/m1/s1. The van der Waals surface area contributed by atoms with E-state index in [0.29, 0.717) is 11.7 Å². The lowest BCUT2D eigenvalue weighted by molar-refractivity contribution is 0.395. The Kier molecular flexibility index (Phi) is 5.37. The quantitative estimate of drug-likeness (QED) is 0.349. The van der Waals surface area contributed by atoms with Gasteiger partial charge in [-0.1, -0.05) is 42.5 Å². The van der Waals surface area contributed by atoms with E-state index in [1.54, 1.807) is 13.4 Å². The molecule has 0 unspecified atom stereocenters. The van der Waals surface area contributed by atoms with Crippen molar-refractivity contribution in [2.45, 2.75) is 32.2 Å². The zero-order valence-corrected chi connectivity index (χ0v) is 19.8. The highest BCUT2D eigenvalue weighted by molar-refractivity contribution is 5.86. The van der Waals surface area contributed by atoms with E-state index in [1.807, 2.05) is 42.0 Å². The fraction of sp³-hybridized carbons (Fsp3) is 0.214. The number of pyridine rings is 1. The number of aromatic nitrogens is 6. The molecule has 6 rings (SSSR count). The molecule has 3 aromatic heterocycles. The number of hydrogen-bond donors (Lipinski definition) is 0. The highest BCUT2D eigenvalue weighted by Gasteiger charge is 2.26. The van der Waals surface area contributed by atoms with E-state index in [0.717, 1.165) is 42.3 Å². The highest BCUT2D eigenvalue weighted by atomic mass is 16.5. The first-order chi connectivity index (χ1) is 17.2. The Morgan fingerprint density at radius 3 is 2.74 bits per heavy atom. The average Bonchev–Trinajstić information content (AvgIpc) is 3.52. The van der Waals surface area contributed by atoms with Gasteiger partial charge in [-0.2, -0.15) is 5.10 Å². The Labute approximate surface area is 203 Å². The second kappa shape index (κ2) is 8.83. The van der Waals surface area contributed by atoms with Crippen LogP contribution in [0.15, 0.2) is 67.1 Å². The molecule has 0 bridgehead atoms. The third-order valence-corrected chi connectivity index (χ3v) is 6.54. The van der Waals surface area contributed by atoms with Gasteiger partial charge >= 0.3 is 0 Å². The summed E-state index contributed by atoms with van der Waals surface area (Å²) in [6.07, 6.45) is 9.72. The average molecular weight is 463 g/mol. The van der Waals surface area contributed by atoms with Crippen molar-refractivity contribution in [2.75, 3.05) is 7.11 Å². The van der Waals surface area contributed by atoms with Crippen LogP contribution in [0.2, 0.25) is 0 Å². The van der Waals surface area contributed by atoms with Crippen molar-refractivity contribution in [1.29, 1.82) is 0 Å². The molecule has 5 aromatic rings. The monoisotopic (exact) mass is 462 g/mol. The van der Waals surface area contributed by atoms with Gasteiger partial charge in [-0.15, -0.1) is 0 Å². The van der Waals surface area contributed by atoms with Crippen LogP contribution in [0.25, 0.3) is 28.6 Å². The molecule has 174 valence electrons. The maximum Gasteiger partial charge on any atom is 0.238 e. The number of rotatable bonds is 5. The smallest absolute Gasteiger partial charge is 0.238 e. The van der Waals surface area contributed by atoms with Crippen LogP contribution in [0.4, 0.5) is 0 Å². The van der Waals surface area contributed by atoms with Crippen LogP contribution in [0, 0.1) is 6.92 Å². The lowest BCUT2D eigenvalue weighted by Gasteiger charge is -2.23. The summed E-state index contributed by atoms with van der Waals surface area (Å²) in [6, 6.07) is 19.0. The summed E-state index contributed by atoms with van der Waals surface area (Å²) in [5.74, 6) is 2.50. The number of fused-ring (bicyclic) bond motifs is 2. The molecule has 7 heteroatoms. The number of imidazole rings is 1. The van der Waals surface area contributed by atoms with Gasteiger partial charge in [0.05, 0.1) is 24.8 Å². The number of benzene rings is 2. The molecule has 0 radical (unpaired) electrons. The minimum Gasteiger partial charge on any atom is -0.479 e. The third-order valence-electron chi connectivity index (χ3n) is 6.54. The zero-order valence-electron chi connectivity index (χ0n) is 19.8. The van der Waals surface area contributed by atoms with Gasteiger partial charge < -0.3 is 9.30 Å². The molecule has 4 heterocycles. The summed E-state index contributed by atoms with van der Waals surface area (Å²) in [6.45, 7) is 2.85. The maximum atomic E-state index is 5.54. The molecule has 1 aliphatic heterocycles. The molecular formula is C28H26N6O. The van der Waals surface area contributed by atoms with Crippen molar-refractivity contribution >= 4 is 22.9 Å². The first kappa shape index (κ1) is 21.3. The molecule has 2 aromatic carbocycles. The van der Waals surface area contributed by atoms with Gasteiger partial charge in [-0.05, 0) is 60.4 Å². The van der Waals surface area contributed by atoms with Crippen molar-refractivity contribution < 1.29 is 4.74 Å².